The van der Waals surface area contributed by atoms with Gasteiger partial charge in [0.25, 0.3) is 0 Å². The third-order valence-corrected chi connectivity index (χ3v) is 2.43. The van der Waals surface area contributed by atoms with Crippen molar-refractivity contribution in [2.24, 2.45) is 5.92 Å². The van der Waals surface area contributed by atoms with Gasteiger partial charge >= 0.3 is 0 Å². The maximum absolute atomic E-state index is 4.52. The number of fused-ring (bicyclic) bond motifs is 1. The summed E-state index contributed by atoms with van der Waals surface area (Å²) in [6, 6.07) is 0.728. The van der Waals surface area contributed by atoms with Crippen molar-refractivity contribution in [3.05, 3.63) is 0 Å². The molecule has 0 saturated carbocycles. The summed E-state index contributed by atoms with van der Waals surface area (Å²) in [6.07, 6.45) is 2.61. The van der Waals surface area contributed by atoms with E-state index in [1.165, 1.54) is 25.9 Å². The first-order valence-electron chi connectivity index (χ1n) is 3.84. The van der Waals surface area contributed by atoms with Crippen LogP contribution in [0, 0.1) is 5.92 Å². The van der Waals surface area contributed by atoms with Crippen molar-refractivity contribution < 1.29 is 0 Å². The zero-order valence-corrected chi connectivity index (χ0v) is 5.64. The zero-order valence-electron chi connectivity index (χ0n) is 5.64. The predicted molar refractivity (Wildman–Crippen MR) is 36.4 cm³/mol. The summed E-state index contributed by atoms with van der Waals surface area (Å²) in [5, 5.41) is 7.91. The third-order valence-electron chi connectivity index (χ3n) is 2.43. The minimum Gasteiger partial charge on any atom is -0.316 e. The standard InChI is InChI=1S/C7H13N2/c1-4-9-7-2-3-8-5-6(1)7/h6-8H,1-5H2. The van der Waals surface area contributed by atoms with E-state index in [0.29, 0.717) is 0 Å². The molecule has 1 radical (unpaired) electrons. The second-order valence-electron chi connectivity index (χ2n) is 3.02. The Balaban J connectivity index is 1.97. The maximum Gasteiger partial charge on any atom is 0.0298 e. The number of nitrogens with one attached hydrogen (secondary N) is 1. The van der Waals surface area contributed by atoms with Gasteiger partial charge in [-0.3, -0.25) is 0 Å². The Morgan fingerprint density at radius 1 is 1.33 bits per heavy atom. The zero-order chi connectivity index (χ0) is 6.10. The van der Waals surface area contributed by atoms with Crippen molar-refractivity contribution in [2.45, 2.75) is 18.9 Å². The van der Waals surface area contributed by atoms with Crippen LogP contribution in [-0.4, -0.2) is 25.7 Å². The molecule has 0 bridgehead atoms. The lowest BCUT2D eigenvalue weighted by molar-refractivity contribution is 0.341. The Morgan fingerprint density at radius 2 is 2.33 bits per heavy atom. The quantitative estimate of drug-likeness (QED) is 0.483. The lowest BCUT2D eigenvalue weighted by Gasteiger charge is -2.24. The number of hydrogen-bond acceptors (Lipinski definition) is 1. The van der Waals surface area contributed by atoms with Gasteiger partial charge in [0.05, 0.1) is 0 Å². The number of nitrogens with zero attached hydrogens (tertiary/aromatic N) is 1. The van der Waals surface area contributed by atoms with Gasteiger partial charge in [-0.1, -0.05) is 0 Å². The molecule has 0 aromatic rings. The van der Waals surface area contributed by atoms with Gasteiger partial charge in [-0.2, -0.15) is 0 Å². The summed E-state index contributed by atoms with van der Waals surface area (Å²) in [7, 11) is 0. The highest BCUT2D eigenvalue weighted by Gasteiger charge is 2.29. The molecule has 2 heterocycles. The largest absolute Gasteiger partial charge is 0.316 e. The van der Waals surface area contributed by atoms with Crippen LogP contribution in [0.3, 0.4) is 0 Å². The molecular weight excluding hydrogens is 112 g/mol. The van der Waals surface area contributed by atoms with E-state index in [0.717, 1.165) is 18.5 Å². The normalized spacial score (nSPS) is 42.7. The van der Waals surface area contributed by atoms with Crippen LogP contribution in [0.4, 0.5) is 0 Å². The summed E-state index contributed by atoms with van der Waals surface area (Å²) in [5.41, 5.74) is 0. The molecule has 0 spiro atoms. The van der Waals surface area contributed by atoms with Gasteiger partial charge in [0.1, 0.15) is 0 Å². The average Bonchev–Trinajstić information content (AvgIpc) is 2.33. The molecule has 0 aromatic heterocycles. The molecule has 0 aromatic carbocycles. The lowest BCUT2D eigenvalue weighted by atomic mass is 9.95. The van der Waals surface area contributed by atoms with Crippen molar-refractivity contribution in [3.63, 3.8) is 0 Å². The molecule has 2 rings (SSSR count). The fraction of sp³-hybridized carbons (Fsp3) is 1.00. The highest BCUT2D eigenvalue weighted by molar-refractivity contribution is 4.88. The molecule has 2 fully saturated rings. The summed E-state index contributed by atoms with van der Waals surface area (Å²) in [4.78, 5) is 0. The summed E-state index contributed by atoms with van der Waals surface area (Å²) in [6.45, 7) is 3.52. The van der Waals surface area contributed by atoms with Gasteiger partial charge in [0.15, 0.2) is 0 Å². The van der Waals surface area contributed by atoms with Crippen molar-refractivity contribution >= 4 is 0 Å². The minimum absolute atomic E-state index is 0.728. The van der Waals surface area contributed by atoms with Gasteiger partial charge in [0.2, 0.25) is 0 Å². The Kier molecular flexibility index (Phi) is 1.44. The SMILES string of the molecule is C1CC2CNCCC2[N]1. The molecule has 2 saturated heterocycles. The van der Waals surface area contributed by atoms with Crippen LogP contribution < -0.4 is 10.6 Å². The summed E-state index contributed by atoms with van der Waals surface area (Å²) in [5.74, 6) is 0.888. The van der Waals surface area contributed by atoms with Gasteiger partial charge in [-0.15, -0.1) is 0 Å². The molecule has 0 aliphatic carbocycles. The number of rotatable bonds is 0. The molecule has 1 N–H and O–H groups in total. The predicted octanol–water partition coefficient (Wildman–Crippen LogP) is -0.0274. The Bertz CT molecular complexity index is 91.1. The van der Waals surface area contributed by atoms with Gasteiger partial charge < -0.3 is 5.32 Å². The first-order chi connectivity index (χ1) is 4.47. The fourth-order valence-electron chi connectivity index (χ4n) is 1.85. The first kappa shape index (κ1) is 5.69. The second kappa shape index (κ2) is 2.27. The molecule has 9 heavy (non-hydrogen) atoms. The summed E-state index contributed by atoms with van der Waals surface area (Å²) < 4.78 is 0. The van der Waals surface area contributed by atoms with E-state index in [1.807, 2.05) is 0 Å². The Hall–Kier alpha value is -0.0800. The van der Waals surface area contributed by atoms with Crippen LogP contribution in [0.15, 0.2) is 0 Å². The second-order valence-corrected chi connectivity index (χ2v) is 3.02. The topological polar surface area (TPSA) is 26.1 Å². The molecule has 2 heteroatoms. The number of hydrogen-bond donors (Lipinski definition) is 1. The molecule has 0 amide bonds. The van der Waals surface area contributed by atoms with Crippen LogP contribution in [-0.2, 0) is 0 Å². The average molecular weight is 125 g/mol. The van der Waals surface area contributed by atoms with Crippen LogP contribution in [0.2, 0.25) is 0 Å². The maximum atomic E-state index is 4.52. The van der Waals surface area contributed by atoms with Gasteiger partial charge in [-0.25, -0.2) is 5.32 Å². The van der Waals surface area contributed by atoms with Crippen LogP contribution in [0.1, 0.15) is 12.8 Å². The van der Waals surface area contributed by atoms with E-state index < -0.39 is 0 Å². The monoisotopic (exact) mass is 125 g/mol. The molecule has 2 nitrogen and oxygen atoms in total. The fourth-order valence-corrected chi connectivity index (χ4v) is 1.85. The van der Waals surface area contributed by atoms with Gasteiger partial charge in [-0.05, 0) is 31.8 Å². The molecule has 2 atom stereocenters. The Morgan fingerprint density at radius 3 is 3.22 bits per heavy atom. The smallest absolute Gasteiger partial charge is 0.0298 e. The minimum atomic E-state index is 0.728. The molecule has 2 unspecified atom stereocenters. The van der Waals surface area contributed by atoms with E-state index in [4.69, 9.17) is 0 Å². The van der Waals surface area contributed by atoms with Crippen molar-refractivity contribution in [2.75, 3.05) is 19.6 Å². The lowest BCUT2D eigenvalue weighted by Crippen LogP contribution is -2.39. The van der Waals surface area contributed by atoms with Crippen LogP contribution in [0.25, 0.3) is 0 Å². The van der Waals surface area contributed by atoms with E-state index in [1.54, 1.807) is 0 Å². The highest BCUT2D eigenvalue weighted by atomic mass is 15.0. The van der Waals surface area contributed by atoms with E-state index in [2.05, 4.69) is 10.6 Å². The molecule has 2 aliphatic heterocycles. The van der Waals surface area contributed by atoms with E-state index >= 15 is 0 Å². The third kappa shape index (κ3) is 0.970. The summed E-state index contributed by atoms with van der Waals surface area (Å²) >= 11 is 0. The molecule has 51 valence electrons. The van der Waals surface area contributed by atoms with Gasteiger partial charge in [0, 0.05) is 12.6 Å². The van der Waals surface area contributed by atoms with Crippen molar-refractivity contribution in [1.82, 2.24) is 10.6 Å². The van der Waals surface area contributed by atoms with Crippen molar-refractivity contribution in [3.8, 4) is 0 Å². The van der Waals surface area contributed by atoms with Crippen LogP contribution in [0.5, 0.6) is 0 Å². The Labute approximate surface area is 56.0 Å². The van der Waals surface area contributed by atoms with E-state index in [9.17, 15) is 0 Å². The van der Waals surface area contributed by atoms with Crippen LogP contribution >= 0.6 is 0 Å². The number of piperidine rings is 1. The highest BCUT2D eigenvalue weighted by Crippen LogP contribution is 2.20. The van der Waals surface area contributed by atoms with E-state index in [-0.39, 0.29) is 0 Å². The first-order valence-corrected chi connectivity index (χ1v) is 3.84. The van der Waals surface area contributed by atoms with Crippen molar-refractivity contribution in [1.29, 1.82) is 0 Å². The molecule has 2 aliphatic rings. The molecular formula is C7H13N2.